The zero-order valence-electron chi connectivity index (χ0n) is 16.9. The number of hydrogen-bond acceptors (Lipinski definition) is 3. The number of rotatable bonds is 9. The van der Waals surface area contributed by atoms with Crippen LogP contribution in [0.1, 0.15) is 43.4 Å². The highest BCUT2D eigenvalue weighted by Crippen LogP contribution is 2.49. The van der Waals surface area contributed by atoms with Crippen molar-refractivity contribution in [2.45, 2.75) is 51.2 Å². The summed E-state index contributed by atoms with van der Waals surface area (Å²) in [5, 5.41) is 2.68. The molecule has 0 fully saturated rings. The average Bonchev–Trinajstić information content (AvgIpc) is 3.17. The second-order valence-corrected chi connectivity index (χ2v) is 10.2. The summed E-state index contributed by atoms with van der Waals surface area (Å²) in [5.74, 6) is 2.33. The van der Waals surface area contributed by atoms with E-state index in [0.29, 0.717) is 0 Å². The van der Waals surface area contributed by atoms with Crippen molar-refractivity contribution in [2.24, 2.45) is 0 Å². The van der Waals surface area contributed by atoms with E-state index in [-0.39, 0.29) is 4.08 Å². The molecule has 144 valence electrons. The van der Waals surface area contributed by atoms with Gasteiger partial charge in [0.25, 0.3) is 0 Å². The lowest BCUT2D eigenvalue weighted by atomic mass is 9.99. The Morgan fingerprint density at radius 1 is 0.926 bits per heavy atom. The molecule has 0 radical (unpaired) electrons. The molecule has 27 heavy (non-hydrogen) atoms. The average molecular weight is 399 g/mol. The van der Waals surface area contributed by atoms with Crippen molar-refractivity contribution in [1.29, 1.82) is 0 Å². The van der Waals surface area contributed by atoms with E-state index in [9.17, 15) is 0 Å². The lowest BCUT2D eigenvalue weighted by molar-refractivity contribution is 0.648. The molecule has 0 atom stereocenters. The number of thioether (sulfide) groups is 2. The van der Waals surface area contributed by atoms with Crippen molar-refractivity contribution in [2.75, 3.05) is 11.5 Å². The molecular formula is C23H30N2S2. The second kappa shape index (κ2) is 9.20. The molecule has 0 aliphatic heterocycles. The van der Waals surface area contributed by atoms with Crippen LogP contribution >= 0.6 is 23.5 Å². The quantitative estimate of drug-likeness (QED) is 0.369. The van der Waals surface area contributed by atoms with Crippen molar-refractivity contribution in [3.8, 4) is 0 Å². The van der Waals surface area contributed by atoms with E-state index < -0.39 is 0 Å². The number of aromatic nitrogens is 2. The molecule has 4 heteroatoms. The first kappa shape index (κ1) is 20.3. The Morgan fingerprint density at radius 2 is 1.59 bits per heavy atom. The first-order chi connectivity index (χ1) is 13.1. The van der Waals surface area contributed by atoms with Crippen LogP contribution < -0.4 is 0 Å². The fraction of sp³-hybridized carbons (Fsp3) is 0.435. The summed E-state index contributed by atoms with van der Waals surface area (Å²) in [6, 6.07) is 11.7. The van der Waals surface area contributed by atoms with E-state index in [1.165, 1.54) is 40.3 Å². The van der Waals surface area contributed by atoms with Gasteiger partial charge in [-0.05, 0) is 71.7 Å². The fourth-order valence-corrected chi connectivity index (χ4v) is 6.28. The van der Waals surface area contributed by atoms with Gasteiger partial charge in [-0.3, -0.25) is 0 Å². The van der Waals surface area contributed by atoms with Gasteiger partial charge in [-0.2, -0.15) is 0 Å². The van der Waals surface area contributed by atoms with E-state index >= 15 is 0 Å². The number of fused-ring (bicyclic) bond motifs is 1. The molecule has 0 unspecified atom stereocenters. The normalized spacial score (nSPS) is 12.0. The van der Waals surface area contributed by atoms with Crippen LogP contribution in [0.15, 0.2) is 49.1 Å². The van der Waals surface area contributed by atoms with E-state index in [4.69, 9.17) is 0 Å². The summed E-state index contributed by atoms with van der Waals surface area (Å²) in [7, 11) is 0. The molecule has 3 aromatic rings. The Kier molecular flexibility index (Phi) is 6.93. The Bertz CT molecular complexity index is 863. The maximum Gasteiger partial charge on any atom is 0.104 e. The summed E-state index contributed by atoms with van der Waals surface area (Å²) < 4.78 is 2.25. The summed E-state index contributed by atoms with van der Waals surface area (Å²) in [6.45, 7) is 9.88. The van der Waals surface area contributed by atoms with Crippen LogP contribution in [-0.4, -0.2) is 21.1 Å². The van der Waals surface area contributed by atoms with Crippen molar-refractivity contribution in [3.05, 3.63) is 65.7 Å². The van der Waals surface area contributed by atoms with Crippen LogP contribution in [0.4, 0.5) is 0 Å². The molecule has 2 nitrogen and oxygen atoms in total. The number of benzene rings is 2. The zero-order valence-corrected chi connectivity index (χ0v) is 18.5. The smallest absolute Gasteiger partial charge is 0.104 e. The predicted octanol–water partition coefficient (Wildman–Crippen LogP) is 6.79. The summed E-state index contributed by atoms with van der Waals surface area (Å²) >= 11 is 4.18. The lowest BCUT2D eigenvalue weighted by Crippen LogP contribution is -2.25. The summed E-state index contributed by atoms with van der Waals surface area (Å²) in [4.78, 5) is 4.28. The molecule has 0 N–H and O–H groups in total. The Hall–Kier alpha value is -1.39. The summed E-state index contributed by atoms with van der Waals surface area (Å²) in [6.07, 6.45) is 8.29. The van der Waals surface area contributed by atoms with Crippen molar-refractivity contribution in [3.63, 3.8) is 0 Å². The van der Waals surface area contributed by atoms with Gasteiger partial charge in [0, 0.05) is 12.4 Å². The van der Waals surface area contributed by atoms with Crippen LogP contribution in [0.5, 0.6) is 0 Å². The monoisotopic (exact) mass is 398 g/mol. The highest BCUT2D eigenvalue weighted by Gasteiger charge is 2.33. The third-order valence-electron chi connectivity index (χ3n) is 4.92. The maximum absolute atomic E-state index is 4.28. The highest BCUT2D eigenvalue weighted by molar-refractivity contribution is 8.17. The minimum Gasteiger partial charge on any atom is -0.335 e. The van der Waals surface area contributed by atoms with Gasteiger partial charge in [-0.15, -0.1) is 23.5 Å². The van der Waals surface area contributed by atoms with Gasteiger partial charge in [0.2, 0.25) is 0 Å². The van der Waals surface area contributed by atoms with Crippen molar-refractivity contribution in [1.82, 2.24) is 9.55 Å². The van der Waals surface area contributed by atoms with Crippen LogP contribution in [0.3, 0.4) is 0 Å². The van der Waals surface area contributed by atoms with Crippen LogP contribution in [0.2, 0.25) is 0 Å². The molecule has 1 heterocycles. The molecule has 0 spiro atoms. The minimum absolute atomic E-state index is 0.0136. The standard InChI is InChI=1S/C23H30N2S2/c1-5-11-26-23(27-12-6-2,16-25-10-9-24-17-25)22-8-7-20-13-18(3)19(4)14-21(20)15-22/h7-10,13-15,17H,5-6,11-12,16H2,1-4H3. The molecule has 0 amide bonds. The number of imidazole rings is 1. The molecule has 0 saturated heterocycles. The molecule has 2 aromatic carbocycles. The van der Waals surface area contributed by atoms with Crippen LogP contribution in [-0.2, 0) is 10.6 Å². The minimum atomic E-state index is 0.0136. The molecule has 0 bridgehead atoms. The number of nitrogens with zero attached hydrogens (tertiary/aromatic N) is 2. The first-order valence-electron chi connectivity index (χ1n) is 9.83. The van der Waals surface area contributed by atoms with E-state index in [1.54, 1.807) is 0 Å². The molecule has 0 saturated carbocycles. The van der Waals surface area contributed by atoms with E-state index in [1.807, 2.05) is 12.5 Å². The van der Waals surface area contributed by atoms with Gasteiger partial charge in [-0.25, -0.2) is 4.98 Å². The Morgan fingerprint density at radius 3 is 2.19 bits per heavy atom. The number of hydrogen-bond donors (Lipinski definition) is 0. The largest absolute Gasteiger partial charge is 0.335 e. The third kappa shape index (κ3) is 4.72. The maximum atomic E-state index is 4.28. The SMILES string of the molecule is CCCSC(Cn1ccnc1)(SCCC)c1ccc2cc(C)c(C)cc2c1. The fourth-order valence-electron chi connectivity index (χ4n) is 3.31. The van der Waals surface area contributed by atoms with E-state index in [2.05, 4.69) is 97.3 Å². The Labute approximate surface area is 172 Å². The van der Waals surface area contributed by atoms with Gasteiger partial charge in [0.15, 0.2) is 0 Å². The van der Waals surface area contributed by atoms with Gasteiger partial charge in [0.1, 0.15) is 4.08 Å². The van der Waals surface area contributed by atoms with E-state index in [0.717, 1.165) is 18.1 Å². The molecule has 0 aliphatic carbocycles. The highest BCUT2D eigenvalue weighted by atomic mass is 32.2. The predicted molar refractivity (Wildman–Crippen MR) is 123 cm³/mol. The molecule has 0 aliphatic rings. The Balaban J connectivity index is 2.08. The molecule has 3 rings (SSSR count). The van der Waals surface area contributed by atoms with Crippen LogP contribution in [0, 0.1) is 13.8 Å². The number of aryl methyl sites for hydroxylation is 2. The molecular weight excluding hydrogens is 368 g/mol. The zero-order chi connectivity index (χ0) is 19.3. The van der Waals surface area contributed by atoms with Gasteiger partial charge in [0.05, 0.1) is 12.9 Å². The van der Waals surface area contributed by atoms with Gasteiger partial charge < -0.3 is 4.57 Å². The third-order valence-corrected chi connectivity index (χ3v) is 8.52. The lowest BCUT2D eigenvalue weighted by Gasteiger charge is -2.34. The van der Waals surface area contributed by atoms with Gasteiger partial charge in [-0.1, -0.05) is 38.1 Å². The first-order valence-corrected chi connectivity index (χ1v) is 11.8. The summed E-state index contributed by atoms with van der Waals surface area (Å²) in [5.41, 5.74) is 4.15. The van der Waals surface area contributed by atoms with Crippen LogP contribution in [0.25, 0.3) is 10.8 Å². The second-order valence-electron chi connectivity index (χ2n) is 7.18. The topological polar surface area (TPSA) is 17.8 Å². The molecule has 1 aromatic heterocycles. The van der Waals surface area contributed by atoms with Crippen molar-refractivity contribution < 1.29 is 0 Å². The van der Waals surface area contributed by atoms with Crippen molar-refractivity contribution >= 4 is 34.3 Å². The van der Waals surface area contributed by atoms with Gasteiger partial charge >= 0.3 is 0 Å².